The van der Waals surface area contributed by atoms with Crippen molar-refractivity contribution in [3.05, 3.63) is 65.2 Å². The van der Waals surface area contributed by atoms with Crippen LogP contribution in [0, 0.1) is 6.92 Å². The van der Waals surface area contributed by atoms with Gasteiger partial charge in [0.2, 0.25) is 0 Å². The molecule has 0 fully saturated rings. The molecule has 0 radical (unpaired) electrons. The minimum Gasteiger partial charge on any atom is -0.496 e. The Balaban J connectivity index is 1.73. The molecule has 0 bridgehead atoms. The molecule has 2 rings (SSSR count). The first-order valence-corrected chi connectivity index (χ1v) is 8.35. The zero-order chi connectivity index (χ0) is 17.2. The third-order valence-electron chi connectivity index (χ3n) is 3.95. The first-order chi connectivity index (χ1) is 11.7. The van der Waals surface area contributed by atoms with Crippen molar-refractivity contribution < 1.29 is 4.74 Å². The number of aryl methyl sites for hydroxylation is 1. The van der Waals surface area contributed by atoms with Crippen LogP contribution in [-0.4, -0.2) is 33.2 Å². The topological polar surface area (TPSA) is 45.7 Å². The monoisotopic (exact) mass is 325 g/mol. The molecule has 4 heteroatoms. The molecule has 0 amide bonds. The van der Waals surface area contributed by atoms with Crippen molar-refractivity contribution in [3.63, 3.8) is 0 Å². The molecule has 0 aliphatic carbocycles. The summed E-state index contributed by atoms with van der Waals surface area (Å²) in [6.45, 7) is 3.75. The van der Waals surface area contributed by atoms with Gasteiger partial charge in [-0.1, -0.05) is 42.5 Å². The van der Waals surface area contributed by atoms with E-state index in [4.69, 9.17) is 4.74 Å². The van der Waals surface area contributed by atoms with Crippen molar-refractivity contribution in [2.75, 3.05) is 27.2 Å². The second kappa shape index (κ2) is 9.60. The SMILES string of the molecule is CN=C(NCCc1ccccc1)NCCc1ccc(C)c(OC)c1. The fourth-order valence-corrected chi connectivity index (χ4v) is 2.54. The maximum atomic E-state index is 5.37. The maximum absolute atomic E-state index is 5.37. The number of guanidine groups is 1. The molecule has 0 saturated carbocycles. The second-order valence-electron chi connectivity index (χ2n) is 5.72. The molecule has 0 spiro atoms. The molecule has 24 heavy (non-hydrogen) atoms. The van der Waals surface area contributed by atoms with E-state index in [9.17, 15) is 0 Å². The molecule has 0 aliphatic heterocycles. The van der Waals surface area contributed by atoms with Gasteiger partial charge in [0.25, 0.3) is 0 Å². The minimum absolute atomic E-state index is 0.831. The molecule has 2 aromatic carbocycles. The van der Waals surface area contributed by atoms with Gasteiger partial charge in [-0.05, 0) is 42.5 Å². The molecule has 4 nitrogen and oxygen atoms in total. The van der Waals surface area contributed by atoms with Crippen LogP contribution in [-0.2, 0) is 12.8 Å². The Morgan fingerprint density at radius 1 is 0.958 bits per heavy atom. The third kappa shape index (κ3) is 5.61. The van der Waals surface area contributed by atoms with E-state index in [-0.39, 0.29) is 0 Å². The van der Waals surface area contributed by atoms with E-state index in [1.807, 2.05) is 6.07 Å². The number of aliphatic imine (C=N–C) groups is 1. The average molecular weight is 325 g/mol. The van der Waals surface area contributed by atoms with E-state index in [2.05, 4.69) is 65.0 Å². The molecule has 0 aromatic heterocycles. The molecule has 128 valence electrons. The van der Waals surface area contributed by atoms with Gasteiger partial charge in [0.1, 0.15) is 5.75 Å². The molecule has 2 aromatic rings. The van der Waals surface area contributed by atoms with Gasteiger partial charge < -0.3 is 15.4 Å². The Hall–Kier alpha value is -2.49. The van der Waals surface area contributed by atoms with Gasteiger partial charge in [0.05, 0.1) is 7.11 Å². The summed E-state index contributed by atoms with van der Waals surface area (Å²) >= 11 is 0. The summed E-state index contributed by atoms with van der Waals surface area (Å²) in [6, 6.07) is 16.8. The fourth-order valence-electron chi connectivity index (χ4n) is 2.54. The van der Waals surface area contributed by atoms with Crippen LogP contribution in [0.5, 0.6) is 5.75 Å². The van der Waals surface area contributed by atoms with E-state index < -0.39 is 0 Å². The predicted molar refractivity (Wildman–Crippen MR) is 101 cm³/mol. The Morgan fingerprint density at radius 2 is 1.62 bits per heavy atom. The highest BCUT2D eigenvalue weighted by atomic mass is 16.5. The van der Waals surface area contributed by atoms with E-state index in [1.165, 1.54) is 11.1 Å². The van der Waals surface area contributed by atoms with Crippen LogP contribution >= 0.6 is 0 Å². The van der Waals surface area contributed by atoms with Crippen LogP contribution in [0.15, 0.2) is 53.5 Å². The maximum Gasteiger partial charge on any atom is 0.190 e. The molecule has 0 atom stereocenters. The fraction of sp³-hybridized carbons (Fsp3) is 0.350. The Morgan fingerprint density at radius 3 is 2.25 bits per heavy atom. The zero-order valence-electron chi connectivity index (χ0n) is 14.8. The lowest BCUT2D eigenvalue weighted by molar-refractivity contribution is 0.411. The van der Waals surface area contributed by atoms with Crippen LogP contribution in [0.1, 0.15) is 16.7 Å². The Kier molecular flexibility index (Phi) is 7.15. The Labute approximate surface area is 145 Å². The smallest absolute Gasteiger partial charge is 0.190 e. The molecule has 0 unspecified atom stereocenters. The van der Waals surface area contributed by atoms with Crippen LogP contribution in [0.2, 0.25) is 0 Å². The molecule has 2 N–H and O–H groups in total. The van der Waals surface area contributed by atoms with Gasteiger partial charge >= 0.3 is 0 Å². The number of benzene rings is 2. The normalized spacial score (nSPS) is 11.2. The van der Waals surface area contributed by atoms with Crippen LogP contribution in [0.4, 0.5) is 0 Å². The lowest BCUT2D eigenvalue weighted by Crippen LogP contribution is -2.39. The predicted octanol–water partition coefficient (Wildman–Crippen LogP) is 2.95. The van der Waals surface area contributed by atoms with E-state index >= 15 is 0 Å². The highest BCUT2D eigenvalue weighted by molar-refractivity contribution is 5.79. The van der Waals surface area contributed by atoms with Crippen molar-refractivity contribution in [3.8, 4) is 5.75 Å². The summed E-state index contributed by atoms with van der Waals surface area (Å²) in [7, 11) is 3.51. The number of hydrogen-bond acceptors (Lipinski definition) is 2. The molecular weight excluding hydrogens is 298 g/mol. The van der Waals surface area contributed by atoms with Gasteiger partial charge in [-0.15, -0.1) is 0 Å². The van der Waals surface area contributed by atoms with E-state index in [0.29, 0.717) is 0 Å². The molecule has 0 saturated heterocycles. The van der Waals surface area contributed by atoms with Gasteiger partial charge in [-0.25, -0.2) is 0 Å². The quantitative estimate of drug-likeness (QED) is 0.608. The number of ether oxygens (including phenoxy) is 1. The van der Waals surface area contributed by atoms with Crippen LogP contribution < -0.4 is 15.4 Å². The van der Waals surface area contributed by atoms with Crippen molar-refractivity contribution in [1.29, 1.82) is 0 Å². The third-order valence-corrected chi connectivity index (χ3v) is 3.95. The molecular formula is C20H27N3O. The summed E-state index contributed by atoms with van der Waals surface area (Å²) in [5, 5.41) is 6.70. The molecule has 0 aliphatic rings. The first-order valence-electron chi connectivity index (χ1n) is 8.35. The lowest BCUT2D eigenvalue weighted by Gasteiger charge is -2.12. The Bertz CT molecular complexity index is 653. The zero-order valence-corrected chi connectivity index (χ0v) is 14.8. The van der Waals surface area contributed by atoms with Crippen molar-refractivity contribution in [1.82, 2.24) is 10.6 Å². The number of nitrogens with one attached hydrogen (secondary N) is 2. The summed E-state index contributed by atoms with van der Waals surface area (Å²) in [6.07, 6.45) is 1.91. The highest BCUT2D eigenvalue weighted by Gasteiger charge is 2.02. The summed E-state index contributed by atoms with van der Waals surface area (Å²) < 4.78 is 5.37. The number of rotatable bonds is 7. The van der Waals surface area contributed by atoms with Crippen LogP contribution in [0.25, 0.3) is 0 Å². The van der Waals surface area contributed by atoms with Gasteiger partial charge in [-0.3, -0.25) is 4.99 Å². The molecule has 0 heterocycles. The average Bonchev–Trinajstić information content (AvgIpc) is 2.62. The largest absolute Gasteiger partial charge is 0.496 e. The minimum atomic E-state index is 0.831. The standard InChI is InChI=1S/C20H27N3O/c1-16-9-10-18(15-19(16)24-3)12-14-23-20(21-2)22-13-11-17-7-5-4-6-8-17/h4-10,15H,11-14H2,1-3H3,(H2,21,22,23). The van der Waals surface area contributed by atoms with E-state index in [1.54, 1.807) is 14.2 Å². The highest BCUT2D eigenvalue weighted by Crippen LogP contribution is 2.18. The van der Waals surface area contributed by atoms with Gasteiger partial charge in [0, 0.05) is 20.1 Å². The van der Waals surface area contributed by atoms with E-state index in [0.717, 1.165) is 43.2 Å². The van der Waals surface area contributed by atoms with Crippen LogP contribution in [0.3, 0.4) is 0 Å². The number of hydrogen-bond donors (Lipinski definition) is 2. The van der Waals surface area contributed by atoms with Crippen molar-refractivity contribution in [2.45, 2.75) is 19.8 Å². The summed E-state index contributed by atoms with van der Waals surface area (Å²) in [5.74, 6) is 1.78. The number of nitrogens with zero attached hydrogens (tertiary/aromatic N) is 1. The summed E-state index contributed by atoms with van der Waals surface area (Å²) in [4.78, 5) is 4.27. The van der Waals surface area contributed by atoms with Gasteiger partial charge in [-0.2, -0.15) is 0 Å². The number of methoxy groups -OCH3 is 1. The van der Waals surface area contributed by atoms with Gasteiger partial charge in [0.15, 0.2) is 5.96 Å². The van der Waals surface area contributed by atoms with Crippen molar-refractivity contribution in [2.24, 2.45) is 4.99 Å². The van der Waals surface area contributed by atoms with Crippen molar-refractivity contribution >= 4 is 5.96 Å². The lowest BCUT2D eigenvalue weighted by atomic mass is 10.1. The first kappa shape index (κ1) is 17.9. The summed E-state index contributed by atoms with van der Waals surface area (Å²) in [5.41, 5.74) is 3.74. The second-order valence-corrected chi connectivity index (χ2v) is 5.72.